The van der Waals surface area contributed by atoms with E-state index in [0.717, 1.165) is 17.0 Å². The van der Waals surface area contributed by atoms with Gasteiger partial charge in [-0.25, -0.2) is 0 Å². The molecule has 0 spiro atoms. The van der Waals surface area contributed by atoms with Gasteiger partial charge >= 0.3 is 5.97 Å². The van der Waals surface area contributed by atoms with Gasteiger partial charge in [-0.3, -0.25) is 14.9 Å². The first-order valence-electron chi connectivity index (χ1n) is 6.50. The first-order chi connectivity index (χ1) is 9.90. The number of nitro benzene ring substituents is 1. The molecule has 0 bridgehead atoms. The van der Waals surface area contributed by atoms with Gasteiger partial charge in [-0.15, -0.1) is 0 Å². The predicted molar refractivity (Wildman–Crippen MR) is 77.4 cm³/mol. The van der Waals surface area contributed by atoms with Crippen LogP contribution in [0.3, 0.4) is 0 Å². The molecule has 0 fully saturated rings. The van der Waals surface area contributed by atoms with Gasteiger partial charge in [0.15, 0.2) is 0 Å². The van der Waals surface area contributed by atoms with Gasteiger partial charge in [0.1, 0.15) is 0 Å². The largest absolute Gasteiger partial charge is 0.481 e. The molecule has 6 heteroatoms. The molecule has 6 nitrogen and oxygen atoms in total. The maximum absolute atomic E-state index is 11.2. The normalized spacial score (nSPS) is 12.1. The third kappa shape index (κ3) is 3.10. The number of carbonyl (C=O) groups is 1. The minimum Gasteiger partial charge on any atom is -0.481 e. The minimum absolute atomic E-state index is 0.00576. The number of aryl methyl sites for hydroxylation is 2. The molecule has 0 aliphatic carbocycles. The molecule has 0 aliphatic rings. The number of carboxylic acids is 1. The van der Waals surface area contributed by atoms with E-state index in [2.05, 4.69) is 0 Å². The highest BCUT2D eigenvalue weighted by Gasteiger charge is 2.20. The van der Waals surface area contributed by atoms with Crippen LogP contribution in [0.2, 0.25) is 0 Å². The van der Waals surface area contributed by atoms with Gasteiger partial charge < -0.3 is 9.67 Å². The van der Waals surface area contributed by atoms with Crippen LogP contribution < -0.4 is 0 Å². The number of nitrogens with zero attached hydrogens (tertiary/aromatic N) is 2. The van der Waals surface area contributed by atoms with Crippen molar-refractivity contribution in [2.24, 2.45) is 0 Å². The van der Waals surface area contributed by atoms with Crippen molar-refractivity contribution >= 4 is 11.7 Å². The van der Waals surface area contributed by atoms with Crippen molar-refractivity contribution in [2.45, 2.75) is 26.3 Å². The van der Waals surface area contributed by atoms with Crippen LogP contribution in [0.1, 0.15) is 29.4 Å². The van der Waals surface area contributed by atoms with Crippen LogP contribution in [-0.2, 0) is 4.79 Å². The first kappa shape index (κ1) is 14.8. The fourth-order valence-corrected chi connectivity index (χ4v) is 2.51. The number of hydrogen-bond acceptors (Lipinski definition) is 3. The molecule has 1 N–H and O–H groups in total. The third-order valence-electron chi connectivity index (χ3n) is 3.49. The van der Waals surface area contributed by atoms with Crippen molar-refractivity contribution in [3.63, 3.8) is 0 Å². The van der Waals surface area contributed by atoms with Crippen LogP contribution in [0.5, 0.6) is 0 Å². The summed E-state index contributed by atoms with van der Waals surface area (Å²) < 4.78 is 1.94. The maximum Gasteiger partial charge on any atom is 0.305 e. The third-order valence-corrected chi connectivity index (χ3v) is 3.49. The Labute approximate surface area is 121 Å². The first-order valence-corrected chi connectivity index (χ1v) is 6.50. The monoisotopic (exact) mass is 288 g/mol. The number of aromatic nitrogens is 1. The molecule has 2 rings (SSSR count). The van der Waals surface area contributed by atoms with Crippen molar-refractivity contribution < 1.29 is 14.8 Å². The molecule has 2 aromatic rings. The lowest BCUT2D eigenvalue weighted by Gasteiger charge is -2.21. The van der Waals surface area contributed by atoms with Gasteiger partial charge in [0, 0.05) is 23.5 Å². The van der Waals surface area contributed by atoms with E-state index >= 15 is 0 Å². The Bertz CT molecular complexity index is 654. The minimum atomic E-state index is -0.911. The zero-order valence-electron chi connectivity index (χ0n) is 11.8. The number of carboxylic acid groups (broad SMARTS) is 1. The maximum atomic E-state index is 11.2. The second-order valence-corrected chi connectivity index (χ2v) is 4.95. The summed E-state index contributed by atoms with van der Waals surface area (Å²) in [5.74, 6) is -0.911. The summed E-state index contributed by atoms with van der Waals surface area (Å²) in [5, 5.41) is 19.9. The van der Waals surface area contributed by atoms with Gasteiger partial charge in [0.2, 0.25) is 0 Å². The molecule has 0 radical (unpaired) electrons. The summed E-state index contributed by atoms with van der Waals surface area (Å²) in [4.78, 5) is 21.4. The van der Waals surface area contributed by atoms with Crippen molar-refractivity contribution in [3.05, 3.63) is 63.5 Å². The number of non-ortho nitro benzene ring substituents is 1. The molecule has 1 aromatic heterocycles. The van der Waals surface area contributed by atoms with E-state index in [4.69, 9.17) is 5.11 Å². The van der Waals surface area contributed by atoms with E-state index in [-0.39, 0.29) is 18.2 Å². The number of aliphatic carboxylic acids is 1. The lowest BCUT2D eigenvalue weighted by Crippen LogP contribution is -2.17. The molecule has 1 atom stereocenters. The fourth-order valence-electron chi connectivity index (χ4n) is 2.51. The van der Waals surface area contributed by atoms with Gasteiger partial charge in [0.05, 0.1) is 17.4 Å². The smallest absolute Gasteiger partial charge is 0.305 e. The molecular formula is C15H16N2O4. The van der Waals surface area contributed by atoms with Gasteiger partial charge in [-0.2, -0.15) is 0 Å². The summed E-state index contributed by atoms with van der Waals surface area (Å²) in [6, 6.07) is 9.51. The second kappa shape index (κ2) is 5.78. The molecule has 0 unspecified atom stereocenters. The van der Waals surface area contributed by atoms with E-state index in [0.29, 0.717) is 0 Å². The second-order valence-electron chi connectivity index (χ2n) is 4.95. The summed E-state index contributed by atoms with van der Waals surface area (Å²) >= 11 is 0. The molecule has 0 saturated carbocycles. The molecule has 1 heterocycles. The van der Waals surface area contributed by atoms with Crippen molar-refractivity contribution in [1.29, 1.82) is 0 Å². The Hall–Kier alpha value is -2.63. The van der Waals surface area contributed by atoms with Crippen LogP contribution in [0, 0.1) is 24.0 Å². The van der Waals surface area contributed by atoms with Crippen LogP contribution in [0.4, 0.5) is 5.69 Å². The van der Waals surface area contributed by atoms with Gasteiger partial charge in [-0.1, -0.05) is 12.1 Å². The number of hydrogen-bond donors (Lipinski definition) is 1. The predicted octanol–water partition coefficient (Wildman–Crippen LogP) is 3.08. The Balaban J connectivity index is 2.45. The molecule has 21 heavy (non-hydrogen) atoms. The van der Waals surface area contributed by atoms with Crippen molar-refractivity contribution in [3.8, 4) is 0 Å². The standard InChI is InChI=1S/C15H16N2O4/c1-10-3-4-11(2)16(10)14(9-15(18)19)12-5-7-13(8-6-12)17(20)21/h3-8,14H,9H2,1-2H3,(H,18,19)/t14-/m0/s1. The summed E-state index contributed by atoms with van der Waals surface area (Å²) in [6.07, 6.45) is -0.0752. The van der Waals surface area contributed by atoms with Crippen molar-refractivity contribution in [2.75, 3.05) is 0 Å². The zero-order valence-corrected chi connectivity index (χ0v) is 11.8. The molecule has 0 saturated heterocycles. The quantitative estimate of drug-likeness (QED) is 0.676. The van der Waals surface area contributed by atoms with E-state index in [9.17, 15) is 14.9 Å². The highest BCUT2D eigenvalue weighted by molar-refractivity contribution is 5.68. The van der Waals surface area contributed by atoms with Crippen LogP contribution >= 0.6 is 0 Å². The lowest BCUT2D eigenvalue weighted by atomic mass is 10.0. The average Bonchev–Trinajstić information content (AvgIpc) is 2.76. The Morgan fingerprint density at radius 3 is 2.14 bits per heavy atom. The van der Waals surface area contributed by atoms with Crippen LogP contribution in [0.15, 0.2) is 36.4 Å². The van der Waals surface area contributed by atoms with E-state index < -0.39 is 10.9 Å². The van der Waals surface area contributed by atoms with Crippen molar-refractivity contribution in [1.82, 2.24) is 4.57 Å². The highest BCUT2D eigenvalue weighted by Crippen LogP contribution is 2.27. The summed E-state index contributed by atoms with van der Waals surface area (Å²) in [5.41, 5.74) is 2.65. The molecule has 110 valence electrons. The topological polar surface area (TPSA) is 85.4 Å². The SMILES string of the molecule is Cc1ccc(C)n1[C@@H](CC(=O)O)c1ccc([N+](=O)[O-])cc1. The highest BCUT2D eigenvalue weighted by atomic mass is 16.6. The zero-order chi connectivity index (χ0) is 15.6. The lowest BCUT2D eigenvalue weighted by molar-refractivity contribution is -0.384. The van der Waals surface area contributed by atoms with Crippen LogP contribution in [-0.4, -0.2) is 20.6 Å². The molecular weight excluding hydrogens is 272 g/mol. The Morgan fingerprint density at radius 1 is 1.19 bits per heavy atom. The van der Waals surface area contributed by atoms with Gasteiger partial charge in [0.25, 0.3) is 5.69 Å². The average molecular weight is 288 g/mol. The number of benzene rings is 1. The molecule has 1 aromatic carbocycles. The van der Waals surface area contributed by atoms with E-state index in [1.807, 2.05) is 30.5 Å². The summed E-state index contributed by atoms with van der Waals surface area (Å²) in [7, 11) is 0. The molecule has 0 aliphatic heterocycles. The Kier molecular flexibility index (Phi) is 4.07. The molecule has 0 amide bonds. The fraction of sp³-hybridized carbons (Fsp3) is 0.267. The van der Waals surface area contributed by atoms with E-state index in [1.54, 1.807) is 12.1 Å². The van der Waals surface area contributed by atoms with Gasteiger partial charge in [-0.05, 0) is 31.5 Å². The van der Waals surface area contributed by atoms with E-state index in [1.165, 1.54) is 12.1 Å². The summed E-state index contributed by atoms with van der Waals surface area (Å²) in [6.45, 7) is 3.82. The van der Waals surface area contributed by atoms with Crippen LogP contribution in [0.25, 0.3) is 0 Å². The number of rotatable bonds is 5. The Morgan fingerprint density at radius 2 is 1.71 bits per heavy atom. The number of nitro groups is 1.